The Morgan fingerprint density at radius 1 is 0.320 bits per heavy atom. The number of benzene rings is 8. The van der Waals surface area contributed by atoms with Crippen molar-refractivity contribution in [3.05, 3.63) is 188 Å². The molecule has 0 fully saturated rings. The third kappa shape index (κ3) is 4.76. The molecule has 0 N–H and O–H groups in total. The summed E-state index contributed by atoms with van der Waals surface area (Å²) >= 11 is 1.89. The molecule has 0 atom stereocenters. The summed E-state index contributed by atoms with van der Waals surface area (Å²) in [6, 6.07) is 68.7. The van der Waals surface area contributed by atoms with E-state index < -0.39 is 0 Å². The molecule has 1 nitrogen and oxygen atoms in total. The van der Waals surface area contributed by atoms with Crippen molar-refractivity contribution in [2.45, 2.75) is 0 Å². The molecule has 10 aromatic rings. The van der Waals surface area contributed by atoms with Gasteiger partial charge in [-0.3, -0.25) is 0 Å². The van der Waals surface area contributed by atoms with Gasteiger partial charge >= 0.3 is 0 Å². The molecule has 0 bridgehead atoms. The maximum absolute atomic E-state index is 2.39. The molecule has 0 amide bonds. The topological polar surface area (TPSA) is 4.93 Å². The van der Waals surface area contributed by atoms with Crippen LogP contribution in [0.25, 0.3) is 92.2 Å². The minimum Gasteiger partial charge on any atom is -0.309 e. The number of aromatic nitrogens is 1. The highest BCUT2D eigenvalue weighted by Crippen LogP contribution is 2.43. The second-order valence-corrected chi connectivity index (χ2v) is 14.0. The number of thiophene rings is 1. The molecule has 50 heavy (non-hydrogen) atoms. The summed E-state index contributed by atoms with van der Waals surface area (Å²) in [5.74, 6) is 0. The van der Waals surface area contributed by atoms with E-state index in [4.69, 9.17) is 0 Å². The van der Waals surface area contributed by atoms with Crippen molar-refractivity contribution in [2.75, 3.05) is 0 Å². The van der Waals surface area contributed by atoms with E-state index in [0.717, 1.165) is 0 Å². The van der Waals surface area contributed by atoms with Gasteiger partial charge in [0.05, 0.1) is 11.0 Å². The molecule has 0 aliphatic carbocycles. The molecule has 2 heterocycles. The number of hydrogen-bond acceptors (Lipinski definition) is 1. The normalized spacial score (nSPS) is 11.6. The number of hydrogen-bond donors (Lipinski definition) is 0. The zero-order valence-corrected chi connectivity index (χ0v) is 28.1. The summed E-state index contributed by atoms with van der Waals surface area (Å²) in [5.41, 5.74) is 13.4. The van der Waals surface area contributed by atoms with Crippen molar-refractivity contribution < 1.29 is 0 Å². The van der Waals surface area contributed by atoms with Gasteiger partial charge in [-0.05, 0) is 99.1 Å². The monoisotopic (exact) mass is 653 g/mol. The second kappa shape index (κ2) is 11.7. The molecule has 0 aliphatic rings. The Balaban J connectivity index is 1.18. The summed E-state index contributed by atoms with van der Waals surface area (Å²) in [6.45, 7) is 0. The lowest BCUT2D eigenvalue weighted by Crippen LogP contribution is -1.93. The zero-order valence-electron chi connectivity index (χ0n) is 27.3. The lowest BCUT2D eigenvalue weighted by atomic mass is 9.91. The predicted octanol–water partition coefficient (Wildman–Crippen LogP) is 13.8. The van der Waals surface area contributed by atoms with E-state index in [1.54, 1.807) is 0 Å². The zero-order chi connectivity index (χ0) is 33.0. The summed E-state index contributed by atoms with van der Waals surface area (Å²) in [5, 5.41) is 5.16. The summed E-state index contributed by atoms with van der Waals surface area (Å²) in [7, 11) is 0. The highest BCUT2D eigenvalue weighted by Gasteiger charge is 2.16. The number of para-hydroxylation sites is 2. The summed E-state index contributed by atoms with van der Waals surface area (Å²) in [6.07, 6.45) is 0. The molecule has 0 spiro atoms. The van der Waals surface area contributed by atoms with Gasteiger partial charge in [-0.25, -0.2) is 0 Å². The third-order valence-electron chi connectivity index (χ3n) is 9.99. The van der Waals surface area contributed by atoms with Gasteiger partial charge < -0.3 is 4.57 Å². The molecule has 0 aliphatic heterocycles. The van der Waals surface area contributed by atoms with Crippen molar-refractivity contribution >= 4 is 53.3 Å². The van der Waals surface area contributed by atoms with E-state index in [-0.39, 0.29) is 0 Å². The fraction of sp³-hybridized carbons (Fsp3) is 0. The highest BCUT2D eigenvalue weighted by molar-refractivity contribution is 7.26. The van der Waals surface area contributed by atoms with Gasteiger partial charge in [-0.1, -0.05) is 133 Å². The molecule has 2 heteroatoms. The first-order valence-electron chi connectivity index (χ1n) is 17.1. The lowest BCUT2D eigenvalue weighted by Gasteiger charge is -2.13. The third-order valence-corrected chi connectivity index (χ3v) is 11.2. The molecular formula is C48H31NS. The van der Waals surface area contributed by atoms with Gasteiger partial charge in [-0.15, -0.1) is 11.3 Å². The molecule has 0 radical (unpaired) electrons. The lowest BCUT2D eigenvalue weighted by molar-refractivity contribution is 1.18. The SMILES string of the molecule is c1ccc(-c2ccc(-c3cc(-c4ccc5c(c4)c4ccccc4n5-c4ccccc4)cc(-c4cccc5c4sc4ccccc45)c3)cc2)cc1. The van der Waals surface area contributed by atoms with Gasteiger partial charge in [0, 0.05) is 36.6 Å². The Kier molecular flexibility index (Phi) is 6.75. The van der Waals surface area contributed by atoms with E-state index in [0.29, 0.717) is 0 Å². The molecule has 234 valence electrons. The Morgan fingerprint density at radius 2 is 0.880 bits per heavy atom. The first kappa shape index (κ1) is 28.8. The van der Waals surface area contributed by atoms with Gasteiger partial charge in [0.1, 0.15) is 0 Å². The average Bonchev–Trinajstić information content (AvgIpc) is 3.74. The number of nitrogens with zero attached hydrogens (tertiary/aromatic N) is 1. The summed E-state index contributed by atoms with van der Waals surface area (Å²) in [4.78, 5) is 0. The van der Waals surface area contributed by atoms with Gasteiger partial charge in [-0.2, -0.15) is 0 Å². The van der Waals surface area contributed by atoms with Crippen molar-refractivity contribution in [3.63, 3.8) is 0 Å². The van der Waals surface area contributed by atoms with Crippen LogP contribution in [0.4, 0.5) is 0 Å². The van der Waals surface area contributed by atoms with Crippen molar-refractivity contribution in [2.24, 2.45) is 0 Å². The Bertz CT molecular complexity index is 2840. The van der Waals surface area contributed by atoms with Crippen molar-refractivity contribution in [3.8, 4) is 50.2 Å². The van der Waals surface area contributed by atoms with Crippen LogP contribution in [-0.4, -0.2) is 4.57 Å². The molecule has 0 unspecified atom stereocenters. The van der Waals surface area contributed by atoms with Crippen molar-refractivity contribution in [1.82, 2.24) is 4.57 Å². The van der Waals surface area contributed by atoms with Crippen molar-refractivity contribution in [1.29, 1.82) is 0 Å². The number of fused-ring (bicyclic) bond motifs is 6. The molecule has 0 saturated heterocycles. The van der Waals surface area contributed by atoms with Crippen LogP contribution >= 0.6 is 11.3 Å². The molecular weight excluding hydrogens is 623 g/mol. The van der Waals surface area contributed by atoms with Crippen LogP contribution < -0.4 is 0 Å². The van der Waals surface area contributed by atoms with E-state index in [1.807, 2.05) is 11.3 Å². The van der Waals surface area contributed by atoms with Gasteiger partial charge in [0.25, 0.3) is 0 Å². The fourth-order valence-electron chi connectivity index (χ4n) is 7.58. The first-order chi connectivity index (χ1) is 24.8. The van der Waals surface area contributed by atoms with Gasteiger partial charge in [0.15, 0.2) is 0 Å². The fourth-order valence-corrected chi connectivity index (χ4v) is 8.82. The molecule has 2 aromatic heterocycles. The molecule has 8 aromatic carbocycles. The maximum atomic E-state index is 2.39. The largest absolute Gasteiger partial charge is 0.309 e. The van der Waals surface area contributed by atoms with Crippen LogP contribution in [0.3, 0.4) is 0 Å². The quantitative estimate of drug-likeness (QED) is 0.174. The average molecular weight is 654 g/mol. The summed E-state index contributed by atoms with van der Waals surface area (Å²) < 4.78 is 5.04. The second-order valence-electron chi connectivity index (χ2n) is 12.9. The first-order valence-corrected chi connectivity index (χ1v) is 17.9. The molecule has 0 saturated carbocycles. The predicted molar refractivity (Wildman–Crippen MR) is 215 cm³/mol. The minimum atomic E-state index is 1.17. The van der Waals surface area contributed by atoms with E-state index in [2.05, 4.69) is 193 Å². The van der Waals surface area contributed by atoms with E-state index in [1.165, 1.54) is 92.2 Å². The Labute approximate surface area is 295 Å². The van der Waals surface area contributed by atoms with E-state index in [9.17, 15) is 0 Å². The van der Waals surface area contributed by atoms with Crippen LogP contribution in [-0.2, 0) is 0 Å². The molecule has 10 rings (SSSR count). The van der Waals surface area contributed by atoms with Crippen LogP contribution in [0.2, 0.25) is 0 Å². The van der Waals surface area contributed by atoms with Crippen LogP contribution in [0.1, 0.15) is 0 Å². The Morgan fingerprint density at radius 3 is 1.68 bits per heavy atom. The minimum absolute atomic E-state index is 1.17. The standard InChI is InChI=1S/C48H31NS/c1-3-12-32(13-4-1)33-22-24-34(25-23-33)36-28-37(30-38(29-36)40-18-11-19-43-42-17-8-10-21-47(42)50-48(40)43)35-26-27-46-44(31-35)41-16-7-9-20-45(41)49(46)39-14-5-2-6-15-39/h1-31H. The van der Waals surface area contributed by atoms with Crippen LogP contribution in [0.15, 0.2) is 188 Å². The smallest absolute Gasteiger partial charge is 0.0541 e. The van der Waals surface area contributed by atoms with Crippen LogP contribution in [0.5, 0.6) is 0 Å². The maximum Gasteiger partial charge on any atom is 0.0541 e. The Hall–Kier alpha value is -6.22. The van der Waals surface area contributed by atoms with Crippen LogP contribution in [0, 0.1) is 0 Å². The van der Waals surface area contributed by atoms with Gasteiger partial charge in [0.2, 0.25) is 0 Å². The number of rotatable bonds is 5. The van der Waals surface area contributed by atoms with E-state index >= 15 is 0 Å². The highest BCUT2D eigenvalue weighted by atomic mass is 32.1.